The average molecular weight is 459 g/mol. The monoisotopic (exact) mass is 458 g/mol. The number of hydrogen-bond acceptors (Lipinski definition) is 3. The van der Waals surface area contributed by atoms with Crippen molar-refractivity contribution in [3.63, 3.8) is 0 Å². The highest BCUT2D eigenvalue weighted by Crippen LogP contribution is 2.61. The smallest absolute Gasteiger partial charge is 0.324 e. The minimum absolute atomic E-state index is 0.168. The standard InChI is InChI=1S/C17H29ClO6P2S/c1-2-3-7-15(27-16-12-10-14(18)11-13-16)8-5-4-6-9-17(25(19,20)21)26(22,23)24/h10-13,15,17H,2-9H2,1H3,(H2,19,20,21)(H2,22,23,24). The summed E-state index contributed by atoms with van der Waals surface area (Å²) in [5, 5.41) is -0.746. The highest BCUT2D eigenvalue weighted by molar-refractivity contribution is 8.00. The molecule has 1 atom stereocenters. The molecule has 27 heavy (non-hydrogen) atoms. The Hall–Kier alpha value is 0.160. The molecule has 10 heteroatoms. The van der Waals surface area contributed by atoms with Crippen LogP contribution in [0.4, 0.5) is 0 Å². The van der Waals surface area contributed by atoms with Gasteiger partial charge in [-0.15, -0.1) is 11.8 Å². The number of benzene rings is 1. The van der Waals surface area contributed by atoms with E-state index in [2.05, 4.69) is 6.92 Å². The summed E-state index contributed by atoms with van der Waals surface area (Å²) in [5.41, 5.74) is 0. The predicted molar refractivity (Wildman–Crippen MR) is 112 cm³/mol. The van der Waals surface area contributed by atoms with Crippen molar-refractivity contribution in [1.29, 1.82) is 0 Å². The fourth-order valence-electron chi connectivity index (χ4n) is 2.81. The Balaban J connectivity index is 2.47. The third kappa shape index (κ3) is 10.5. The van der Waals surface area contributed by atoms with Gasteiger partial charge < -0.3 is 19.6 Å². The van der Waals surface area contributed by atoms with Crippen LogP contribution in [0.25, 0.3) is 0 Å². The average Bonchev–Trinajstić information content (AvgIpc) is 2.55. The zero-order valence-electron chi connectivity index (χ0n) is 15.4. The van der Waals surface area contributed by atoms with Crippen LogP contribution in [-0.4, -0.2) is 30.2 Å². The van der Waals surface area contributed by atoms with Gasteiger partial charge in [0, 0.05) is 15.2 Å². The molecule has 0 aliphatic rings. The summed E-state index contributed by atoms with van der Waals surface area (Å²) < 4.78 is 22.6. The molecule has 0 saturated heterocycles. The van der Waals surface area contributed by atoms with Crippen molar-refractivity contribution in [3.8, 4) is 0 Å². The van der Waals surface area contributed by atoms with Gasteiger partial charge in [-0.25, -0.2) is 0 Å². The molecule has 4 N–H and O–H groups in total. The lowest BCUT2D eigenvalue weighted by Gasteiger charge is -2.20. The maximum absolute atomic E-state index is 11.3. The molecule has 0 radical (unpaired) electrons. The van der Waals surface area contributed by atoms with Gasteiger partial charge in [0.1, 0.15) is 0 Å². The molecule has 0 saturated carbocycles. The van der Waals surface area contributed by atoms with Crippen LogP contribution in [0.2, 0.25) is 5.02 Å². The van der Waals surface area contributed by atoms with Crippen molar-refractivity contribution in [2.24, 2.45) is 0 Å². The van der Waals surface area contributed by atoms with Crippen LogP contribution >= 0.6 is 38.6 Å². The highest BCUT2D eigenvalue weighted by atomic mass is 35.5. The molecule has 0 aromatic heterocycles. The van der Waals surface area contributed by atoms with Gasteiger partial charge in [-0.1, -0.05) is 50.6 Å². The Morgan fingerprint density at radius 2 is 1.41 bits per heavy atom. The number of rotatable bonds is 13. The predicted octanol–water partition coefficient (Wildman–Crippen LogP) is 5.62. The molecule has 0 spiro atoms. The Labute approximate surface area is 170 Å². The lowest BCUT2D eigenvalue weighted by atomic mass is 10.1. The summed E-state index contributed by atoms with van der Waals surface area (Å²) in [6, 6.07) is 7.73. The van der Waals surface area contributed by atoms with Crippen LogP contribution in [-0.2, 0) is 9.13 Å². The van der Waals surface area contributed by atoms with Gasteiger partial charge >= 0.3 is 15.2 Å². The normalized spacial score (nSPS) is 13.9. The summed E-state index contributed by atoms with van der Waals surface area (Å²) in [6.45, 7) is 2.15. The maximum atomic E-state index is 11.3. The first-order chi connectivity index (χ1) is 12.5. The summed E-state index contributed by atoms with van der Waals surface area (Å²) in [7, 11) is -9.62. The Bertz CT molecular complexity index is 623. The van der Waals surface area contributed by atoms with E-state index in [9.17, 15) is 9.13 Å². The van der Waals surface area contributed by atoms with Gasteiger partial charge in [0.15, 0.2) is 5.40 Å². The molecule has 0 aliphatic heterocycles. The summed E-state index contributed by atoms with van der Waals surface area (Å²) >= 11 is 7.72. The molecule has 0 aliphatic carbocycles. The molecule has 1 unspecified atom stereocenters. The molecule has 0 fully saturated rings. The summed E-state index contributed by atoms with van der Waals surface area (Å²) in [4.78, 5) is 37.7. The molecular weight excluding hydrogens is 430 g/mol. The zero-order valence-corrected chi connectivity index (χ0v) is 18.8. The van der Waals surface area contributed by atoms with E-state index in [0.717, 1.165) is 37.0 Å². The fourth-order valence-corrected chi connectivity index (χ4v) is 6.79. The first kappa shape index (κ1) is 25.2. The third-order valence-corrected chi connectivity index (χ3v) is 9.74. The molecule has 0 bridgehead atoms. The number of unbranched alkanes of at least 4 members (excludes halogenated alkanes) is 3. The van der Waals surface area contributed by atoms with E-state index in [1.807, 2.05) is 24.3 Å². The molecule has 156 valence electrons. The van der Waals surface area contributed by atoms with Crippen molar-refractivity contribution in [2.75, 3.05) is 0 Å². The second kappa shape index (κ2) is 12.0. The molecular formula is C17H29ClO6P2S. The minimum Gasteiger partial charge on any atom is -0.324 e. The second-order valence-corrected chi connectivity index (χ2v) is 12.5. The van der Waals surface area contributed by atoms with Gasteiger partial charge in [0.25, 0.3) is 0 Å². The Morgan fingerprint density at radius 3 is 1.93 bits per heavy atom. The number of thioether (sulfide) groups is 1. The third-order valence-electron chi connectivity index (χ3n) is 4.26. The van der Waals surface area contributed by atoms with E-state index in [-0.39, 0.29) is 6.42 Å². The molecule has 0 amide bonds. The first-order valence-electron chi connectivity index (χ1n) is 9.06. The Kier molecular flexibility index (Phi) is 11.2. The van der Waals surface area contributed by atoms with E-state index in [4.69, 9.17) is 31.2 Å². The van der Waals surface area contributed by atoms with E-state index < -0.39 is 20.6 Å². The minimum atomic E-state index is -4.81. The van der Waals surface area contributed by atoms with Crippen LogP contribution in [0.5, 0.6) is 0 Å². The lowest BCUT2D eigenvalue weighted by molar-refractivity contribution is 0.333. The van der Waals surface area contributed by atoms with Crippen LogP contribution in [0.1, 0.15) is 58.3 Å². The van der Waals surface area contributed by atoms with Crippen molar-refractivity contribution in [1.82, 2.24) is 0 Å². The van der Waals surface area contributed by atoms with Crippen molar-refractivity contribution in [2.45, 2.75) is 73.8 Å². The van der Waals surface area contributed by atoms with E-state index in [1.54, 1.807) is 11.8 Å². The molecule has 1 aromatic carbocycles. The topological polar surface area (TPSA) is 115 Å². The van der Waals surface area contributed by atoms with Crippen LogP contribution < -0.4 is 0 Å². The van der Waals surface area contributed by atoms with E-state index in [0.29, 0.717) is 23.1 Å². The molecule has 0 heterocycles. The zero-order chi connectivity index (χ0) is 20.5. The van der Waals surface area contributed by atoms with Crippen molar-refractivity contribution >= 4 is 38.6 Å². The van der Waals surface area contributed by atoms with Crippen molar-refractivity contribution in [3.05, 3.63) is 29.3 Å². The lowest BCUT2D eigenvalue weighted by Crippen LogP contribution is -2.09. The number of hydrogen-bond donors (Lipinski definition) is 4. The maximum Gasteiger partial charge on any atom is 0.340 e. The first-order valence-corrected chi connectivity index (χ1v) is 13.7. The SMILES string of the molecule is CCCCC(CCCCCC(P(=O)(O)O)P(=O)(O)O)Sc1ccc(Cl)cc1. The highest BCUT2D eigenvalue weighted by Gasteiger charge is 2.42. The fraction of sp³-hybridized carbons (Fsp3) is 0.647. The summed E-state index contributed by atoms with van der Waals surface area (Å²) in [5.74, 6) is 0. The number of halogens is 1. The van der Waals surface area contributed by atoms with Gasteiger partial charge in [0.05, 0.1) is 0 Å². The van der Waals surface area contributed by atoms with Gasteiger partial charge in [-0.2, -0.15) is 0 Å². The van der Waals surface area contributed by atoms with Crippen LogP contribution in [0, 0.1) is 0 Å². The van der Waals surface area contributed by atoms with Crippen molar-refractivity contribution < 1.29 is 28.7 Å². The van der Waals surface area contributed by atoms with Crippen LogP contribution in [0.15, 0.2) is 29.2 Å². The second-order valence-electron chi connectivity index (χ2n) is 6.63. The molecule has 1 aromatic rings. The quantitative estimate of drug-likeness (QED) is 0.172. The summed E-state index contributed by atoms with van der Waals surface area (Å²) in [6.07, 6.45) is 6.02. The van der Waals surface area contributed by atoms with E-state index >= 15 is 0 Å². The van der Waals surface area contributed by atoms with Crippen LogP contribution in [0.3, 0.4) is 0 Å². The Morgan fingerprint density at radius 1 is 0.889 bits per heavy atom. The largest absolute Gasteiger partial charge is 0.340 e. The van der Waals surface area contributed by atoms with E-state index in [1.165, 1.54) is 0 Å². The van der Waals surface area contributed by atoms with Gasteiger partial charge in [-0.05, 0) is 43.5 Å². The molecule has 6 nitrogen and oxygen atoms in total. The molecule has 1 rings (SSSR count). The van der Waals surface area contributed by atoms with Gasteiger partial charge in [0.2, 0.25) is 0 Å². The van der Waals surface area contributed by atoms with Gasteiger partial charge in [-0.3, -0.25) is 9.13 Å².